The van der Waals surface area contributed by atoms with Crippen LogP contribution in [0.1, 0.15) is 22.3 Å². The highest BCUT2D eigenvalue weighted by Gasteiger charge is 2.39. The first-order valence-corrected chi connectivity index (χ1v) is 8.85. The van der Waals surface area contributed by atoms with Crippen LogP contribution < -0.4 is 14.4 Å². The normalized spacial score (nSPS) is 17.6. The highest BCUT2D eigenvalue weighted by molar-refractivity contribution is 6.16. The Kier molecular flexibility index (Phi) is 3.31. The maximum atomic E-state index is 13.3. The molecule has 3 aliphatic rings. The first-order chi connectivity index (χ1) is 13.0. The molecule has 0 spiro atoms. The van der Waals surface area contributed by atoms with Crippen molar-refractivity contribution in [3.63, 3.8) is 0 Å². The third kappa shape index (κ3) is 2.33. The van der Waals surface area contributed by atoms with E-state index in [4.69, 9.17) is 9.47 Å². The largest absolute Gasteiger partial charge is 0.454 e. The van der Waals surface area contributed by atoms with Crippen LogP contribution in [0.3, 0.4) is 0 Å². The van der Waals surface area contributed by atoms with Crippen LogP contribution in [0, 0.1) is 13.8 Å². The van der Waals surface area contributed by atoms with Crippen LogP contribution in [0.4, 0.5) is 5.69 Å². The van der Waals surface area contributed by atoms with Crippen molar-refractivity contribution in [1.82, 2.24) is 4.90 Å². The molecule has 6 nitrogen and oxygen atoms in total. The average Bonchev–Trinajstić information content (AvgIpc) is 3.09. The van der Waals surface area contributed by atoms with Crippen molar-refractivity contribution in [2.45, 2.75) is 20.4 Å². The molecule has 6 heteroatoms. The second-order valence-corrected chi connectivity index (χ2v) is 7.05. The third-order valence-corrected chi connectivity index (χ3v) is 5.31. The number of carbonyl (C=O) groups is 2. The fourth-order valence-electron chi connectivity index (χ4n) is 3.99. The Bertz CT molecular complexity index is 1020. The van der Waals surface area contributed by atoms with Crippen LogP contribution in [-0.2, 0) is 16.1 Å². The number of amides is 2. The Balaban J connectivity index is 1.60. The maximum absolute atomic E-state index is 13.3. The zero-order chi connectivity index (χ0) is 18.7. The van der Waals surface area contributed by atoms with Crippen molar-refractivity contribution in [2.75, 3.05) is 18.2 Å². The zero-order valence-electron chi connectivity index (χ0n) is 15.1. The van der Waals surface area contributed by atoms with Crippen LogP contribution in [0.5, 0.6) is 11.5 Å². The summed E-state index contributed by atoms with van der Waals surface area (Å²) in [6, 6.07) is 9.63. The van der Waals surface area contributed by atoms with Gasteiger partial charge >= 0.3 is 0 Å². The van der Waals surface area contributed by atoms with E-state index in [0.29, 0.717) is 23.7 Å². The molecule has 0 aromatic heterocycles. The average molecular weight is 362 g/mol. The van der Waals surface area contributed by atoms with Crippen LogP contribution in [0.25, 0.3) is 6.08 Å². The molecular formula is C21H18N2O4. The van der Waals surface area contributed by atoms with Gasteiger partial charge < -0.3 is 14.4 Å². The predicted molar refractivity (Wildman–Crippen MR) is 99.4 cm³/mol. The Hall–Kier alpha value is -3.28. The first-order valence-electron chi connectivity index (χ1n) is 8.85. The number of aryl methyl sites for hydroxylation is 2. The molecule has 2 aromatic carbocycles. The molecule has 0 N–H and O–H groups in total. The number of hydrogen-bond acceptors (Lipinski definition) is 4. The fraction of sp³-hybridized carbons (Fsp3) is 0.238. The SMILES string of the molecule is Cc1cccc(C)c1N1CC(=O)N2Cc3cc4c(cc3C=C2C1=O)OCO4. The van der Waals surface area contributed by atoms with E-state index in [2.05, 4.69) is 0 Å². The van der Waals surface area contributed by atoms with E-state index in [1.807, 2.05) is 44.2 Å². The molecular weight excluding hydrogens is 344 g/mol. The summed E-state index contributed by atoms with van der Waals surface area (Å²) < 4.78 is 10.9. The minimum Gasteiger partial charge on any atom is -0.454 e. The summed E-state index contributed by atoms with van der Waals surface area (Å²) in [5, 5.41) is 0. The number of benzene rings is 2. The van der Waals surface area contributed by atoms with Crippen molar-refractivity contribution in [3.05, 3.63) is 58.3 Å². The Morgan fingerprint density at radius 1 is 0.926 bits per heavy atom. The molecule has 3 aliphatic heterocycles. The van der Waals surface area contributed by atoms with Crippen LogP contribution in [0.2, 0.25) is 0 Å². The molecule has 0 aliphatic carbocycles. The zero-order valence-corrected chi connectivity index (χ0v) is 15.1. The van der Waals surface area contributed by atoms with E-state index in [1.165, 1.54) is 0 Å². The highest BCUT2D eigenvalue weighted by atomic mass is 16.7. The molecule has 0 unspecified atom stereocenters. The van der Waals surface area contributed by atoms with Crippen molar-refractivity contribution >= 4 is 23.6 Å². The number of hydrogen-bond donors (Lipinski definition) is 0. The summed E-state index contributed by atoms with van der Waals surface area (Å²) in [4.78, 5) is 29.3. The minimum absolute atomic E-state index is 0.0434. The van der Waals surface area contributed by atoms with Gasteiger partial charge in [-0.3, -0.25) is 14.5 Å². The van der Waals surface area contributed by atoms with Crippen LogP contribution in [-0.4, -0.2) is 30.1 Å². The van der Waals surface area contributed by atoms with Crippen molar-refractivity contribution in [3.8, 4) is 11.5 Å². The molecule has 1 saturated heterocycles. The quantitative estimate of drug-likeness (QED) is 0.783. The van der Waals surface area contributed by atoms with Gasteiger partial charge in [-0.1, -0.05) is 18.2 Å². The molecule has 0 bridgehead atoms. The topological polar surface area (TPSA) is 59.1 Å². The molecule has 0 atom stereocenters. The Labute approximate surface area is 156 Å². The van der Waals surface area contributed by atoms with E-state index in [9.17, 15) is 9.59 Å². The lowest BCUT2D eigenvalue weighted by Crippen LogP contribution is -2.53. The van der Waals surface area contributed by atoms with Gasteiger partial charge in [-0.25, -0.2) is 0 Å². The standard InChI is InChI=1S/C21H18N2O4/c1-12-4-3-5-13(2)20(12)23-10-19(24)22-9-15-8-18-17(26-11-27-18)7-14(15)6-16(22)21(23)25/h3-8H,9-11H2,1-2H3. The molecule has 27 heavy (non-hydrogen) atoms. The van der Waals surface area contributed by atoms with E-state index < -0.39 is 0 Å². The van der Waals surface area contributed by atoms with Gasteiger partial charge in [-0.2, -0.15) is 0 Å². The summed E-state index contributed by atoms with van der Waals surface area (Å²) in [5.74, 6) is 1.10. The molecule has 0 saturated carbocycles. The highest BCUT2D eigenvalue weighted by Crippen LogP contribution is 2.40. The predicted octanol–water partition coefficient (Wildman–Crippen LogP) is 2.76. The van der Waals surface area contributed by atoms with Crippen LogP contribution >= 0.6 is 0 Å². The second-order valence-electron chi connectivity index (χ2n) is 7.05. The molecule has 2 amide bonds. The van der Waals surface area contributed by atoms with E-state index in [-0.39, 0.29) is 25.2 Å². The van der Waals surface area contributed by atoms with E-state index >= 15 is 0 Å². The summed E-state index contributed by atoms with van der Waals surface area (Å²) in [7, 11) is 0. The first kappa shape index (κ1) is 15.9. The van der Waals surface area contributed by atoms with Crippen molar-refractivity contribution in [2.24, 2.45) is 0 Å². The molecule has 3 heterocycles. The van der Waals surface area contributed by atoms with Crippen LogP contribution in [0.15, 0.2) is 36.0 Å². The summed E-state index contributed by atoms with van der Waals surface area (Å²) >= 11 is 0. The molecule has 2 aromatic rings. The van der Waals surface area contributed by atoms with Gasteiger partial charge in [0.2, 0.25) is 12.7 Å². The van der Waals surface area contributed by atoms with Crippen molar-refractivity contribution in [1.29, 1.82) is 0 Å². The Morgan fingerprint density at radius 2 is 1.63 bits per heavy atom. The maximum Gasteiger partial charge on any atom is 0.275 e. The Morgan fingerprint density at radius 3 is 2.37 bits per heavy atom. The van der Waals surface area contributed by atoms with Gasteiger partial charge in [0, 0.05) is 0 Å². The smallest absolute Gasteiger partial charge is 0.275 e. The summed E-state index contributed by atoms with van der Waals surface area (Å²) in [6.45, 7) is 4.51. The lowest BCUT2D eigenvalue weighted by molar-refractivity contribution is -0.135. The van der Waals surface area contributed by atoms with Crippen molar-refractivity contribution < 1.29 is 19.1 Å². The molecule has 5 rings (SSSR count). The van der Waals surface area contributed by atoms with Gasteiger partial charge in [0.1, 0.15) is 12.2 Å². The number of ether oxygens (including phenoxy) is 2. The fourth-order valence-corrected chi connectivity index (χ4v) is 3.99. The number of fused-ring (bicyclic) bond motifs is 3. The molecule has 1 fully saturated rings. The lowest BCUT2D eigenvalue weighted by Gasteiger charge is -2.39. The summed E-state index contributed by atoms with van der Waals surface area (Å²) in [6.07, 6.45) is 1.78. The lowest BCUT2D eigenvalue weighted by atomic mass is 9.97. The van der Waals surface area contributed by atoms with Gasteiger partial charge in [0.25, 0.3) is 5.91 Å². The summed E-state index contributed by atoms with van der Waals surface area (Å²) in [5.41, 5.74) is 5.00. The number of anilines is 1. The van der Waals surface area contributed by atoms with E-state index in [1.54, 1.807) is 15.9 Å². The number of carbonyl (C=O) groups excluding carboxylic acids is 2. The van der Waals surface area contributed by atoms with E-state index in [0.717, 1.165) is 27.9 Å². The molecule has 136 valence electrons. The number of rotatable bonds is 1. The van der Waals surface area contributed by atoms with Gasteiger partial charge in [-0.15, -0.1) is 0 Å². The van der Waals surface area contributed by atoms with Gasteiger partial charge in [0.15, 0.2) is 11.5 Å². The molecule has 0 radical (unpaired) electrons. The number of piperazine rings is 1. The monoisotopic (exact) mass is 362 g/mol. The van der Waals surface area contributed by atoms with Gasteiger partial charge in [0.05, 0.1) is 12.2 Å². The minimum atomic E-state index is -0.157. The number of nitrogens with zero attached hydrogens (tertiary/aromatic N) is 2. The van der Waals surface area contributed by atoms with Gasteiger partial charge in [-0.05, 0) is 54.3 Å². The number of para-hydroxylation sites is 1. The second kappa shape index (κ2) is 5.61. The third-order valence-electron chi connectivity index (χ3n) is 5.31.